The molecule has 0 amide bonds. The second-order valence-electron chi connectivity index (χ2n) is 5.60. The number of hydrogen-bond donors (Lipinski definition) is 2. The Morgan fingerprint density at radius 1 is 1.43 bits per heavy atom. The number of fused-ring (bicyclic) bond motifs is 1. The summed E-state index contributed by atoms with van der Waals surface area (Å²) in [4.78, 5) is 22.1. The quantitative estimate of drug-likeness (QED) is 0.886. The Labute approximate surface area is 128 Å². The molecule has 0 aromatic carbocycles. The van der Waals surface area contributed by atoms with E-state index in [0.717, 1.165) is 48.6 Å². The van der Waals surface area contributed by atoms with Gasteiger partial charge in [0.05, 0.1) is 12.1 Å². The lowest BCUT2D eigenvalue weighted by atomic mass is 10.0. The third kappa shape index (κ3) is 3.33. The summed E-state index contributed by atoms with van der Waals surface area (Å²) in [7, 11) is 0. The number of hydrogen-bond acceptors (Lipinski definition) is 5. The first-order chi connectivity index (χ1) is 10.3. The largest absolute Gasteiger partial charge is 0.317 e. The highest BCUT2D eigenvalue weighted by Crippen LogP contribution is 2.17. The summed E-state index contributed by atoms with van der Waals surface area (Å²) in [6.45, 7) is 6.15. The van der Waals surface area contributed by atoms with Crippen LogP contribution in [-0.2, 0) is 6.54 Å². The molecule has 2 aromatic rings. The fraction of sp³-hybridized carbons (Fsp3) is 0.600. The van der Waals surface area contributed by atoms with Gasteiger partial charge in [0.25, 0.3) is 5.56 Å². The molecular formula is C15H22N4OS. The number of H-pyrrole nitrogens is 1. The lowest BCUT2D eigenvalue weighted by Crippen LogP contribution is -2.43. The van der Waals surface area contributed by atoms with E-state index in [1.165, 1.54) is 24.2 Å². The first-order valence-corrected chi connectivity index (χ1v) is 8.57. The minimum atomic E-state index is -0.00763. The monoisotopic (exact) mass is 306 g/mol. The van der Waals surface area contributed by atoms with Gasteiger partial charge in [-0.2, -0.15) is 0 Å². The molecule has 1 fully saturated rings. The van der Waals surface area contributed by atoms with Gasteiger partial charge in [-0.05, 0) is 50.3 Å². The molecule has 0 aliphatic carbocycles. The molecule has 2 N–H and O–H groups in total. The molecule has 3 rings (SSSR count). The van der Waals surface area contributed by atoms with Gasteiger partial charge >= 0.3 is 0 Å². The number of nitrogens with zero attached hydrogens (tertiary/aromatic N) is 2. The van der Waals surface area contributed by atoms with Gasteiger partial charge < -0.3 is 10.3 Å². The molecule has 2 aromatic heterocycles. The summed E-state index contributed by atoms with van der Waals surface area (Å²) < 4.78 is 0.725. The maximum absolute atomic E-state index is 12.1. The summed E-state index contributed by atoms with van der Waals surface area (Å²) in [6.07, 6.45) is 3.46. The summed E-state index contributed by atoms with van der Waals surface area (Å²) in [5, 5.41) is 5.33. The second-order valence-corrected chi connectivity index (χ2v) is 6.52. The molecule has 1 saturated heterocycles. The van der Waals surface area contributed by atoms with Crippen LogP contribution in [0.25, 0.3) is 10.2 Å². The topological polar surface area (TPSA) is 61.0 Å². The van der Waals surface area contributed by atoms with Gasteiger partial charge in [0.2, 0.25) is 0 Å². The van der Waals surface area contributed by atoms with Crippen LogP contribution < -0.4 is 10.9 Å². The highest BCUT2D eigenvalue weighted by molar-refractivity contribution is 7.17. The Morgan fingerprint density at radius 3 is 3.00 bits per heavy atom. The van der Waals surface area contributed by atoms with Gasteiger partial charge in [-0.1, -0.05) is 6.92 Å². The lowest BCUT2D eigenvalue weighted by Gasteiger charge is -2.34. The van der Waals surface area contributed by atoms with Crippen LogP contribution in [-0.4, -0.2) is 40.5 Å². The lowest BCUT2D eigenvalue weighted by molar-refractivity contribution is 0.150. The van der Waals surface area contributed by atoms with E-state index in [9.17, 15) is 4.79 Å². The highest BCUT2D eigenvalue weighted by Gasteiger charge is 2.21. The highest BCUT2D eigenvalue weighted by atomic mass is 32.1. The molecule has 0 saturated carbocycles. The van der Waals surface area contributed by atoms with Crippen LogP contribution >= 0.6 is 11.3 Å². The first kappa shape index (κ1) is 14.7. The molecule has 0 spiro atoms. The van der Waals surface area contributed by atoms with E-state index in [-0.39, 0.29) is 5.56 Å². The van der Waals surface area contributed by atoms with Crippen LogP contribution in [0, 0.1) is 0 Å². The molecule has 0 bridgehead atoms. The average Bonchev–Trinajstić information content (AvgIpc) is 2.97. The average molecular weight is 306 g/mol. The van der Waals surface area contributed by atoms with Crippen molar-refractivity contribution in [3.8, 4) is 0 Å². The number of rotatable bonds is 5. The van der Waals surface area contributed by atoms with Crippen LogP contribution in [0.3, 0.4) is 0 Å². The van der Waals surface area contributed by atoms with Crippen LogP contribution in [0.2, 0.25) is 0 Å². The van der Waals surface area contributed by atoms with Crippen molar-refractivity contribution in [3.05, 3.63) is 27.6 Å². The summed E-state index contributed by atoms with van der Waals surface area (Å²) in [6, 6.07) is 2.52. The van der Waals surface area contributed by atoms with Gasteiger partial charge in [-0.15, -0.1) is 11.3 Å². The number of aromatic nitrogens is 2. The Hall–Kier alpha value is -1.24. The SMILES string of the molecule is CCCN(Cc1nc2ccsc2c(=O)[nH]1)C1CCNCC1. The molecule has 3 heterocycles. The van der Waals surface area contributed by atoms with Crippen LogP contribution in [0.4, 0.5) is 0 Å². The Bertz CT molecular complexity index is 644. The zero-order valence-corrected chi connectivity index (χ0v) is 13.2. The van der Waals surface area contributed by atoms with Crippen molar-refractivity contribution >= 4 is 21.6 Å². The van der Waals surface area contributed by atoms with Gasteiger partial charge in [0, 0.05) is 6.04 Å². The predicted molar refractivity (Wildman–Crippen MR) is 86.8 cm³/mol. The Kier molecular flexibility index (Phi) is 4.67. The van der Waals surface area contributed by atoms with Crippen molar-refractivity contribution in [2.75, 3.05) is 19.6 Å². The Morgan fingerprint density at radius 2 is 2.24 bits per heavy atom. The summed E-state index contributed by atoms with van der Waals surface area (Å²) >= 11 is 1.45. The van der Waals surface area contributed by atoms with Crippen LogP contribution in [0.1, 0.15) is 32.0 Å². The van der Waals surface area contributed by atoms with Gasteiger partial charge in [0.15, 0.2) is 0 Å². The zero-order valence-electron chi connectivity index (χ0n) is 12.4. The number of nitrogens with one attached hydrogen (secondary N) is 2. The van der Waals surface area contributed by atoms with E-state index in [1.54, 1.807) is 0 Å². The maximum atomic E-state index is 12.1. The molecule has 0 atom stereocenters. The molecule has 5 nitrogen and oxygen atoms in total. The molecule has 1 aliphatic rings. The van der Waals surface area contributed by atoms with Crippen molar-refractivity contribution in [1.82, 2.24) is 20.2 Å². The fourth-order valence-corrected chi connectivity index (χ4v) is 3.76. The van der Waals surface area contributed by atoms with E-state index in [4.69, 9.17) is 0 Å². The minimum absolute atomic E-state index is 0.00763. The van der Waals surface area contributed by atoms with Gasteiger partial charge in [-0.25, -0.2) is 4.98 Å². The van der Waals surface area contributed by atoms with Gasteiger partial charge in [-0.3, -0.25) is 9.69 Å². The third-order valence-electron chi connectivity index (χ3n) is 4.05. The molecule has 0 unspecified atom stereocenters. The molecule has 21 heavy (non-hydrogen) atoms. The van der Waals surface area contributed by atoms with Crippen molar-refractivity contribution in [2.24, 2.45) is 0 Å². The van der Waals surface area contributed by atoms with Crippen LogP contribution in [0.5, 0.6) is 0 Å². The smallest absolute Gasteiger partial charge is 0.268 e. The zero-order chi connectivity index (χ0) is 14.7. The van der Waals surface area contributed by atoms with Crippen molar-refractivity contribution in [2.45, 2.75) is 38.8 Å². The molecule has 0 radical (unpaired) electrons. The normalized spacial score (nSPS) is 16.9. The fourth-order valence-electron chi connectivity index (χ4n) is 3.04. The van der Waals surface area contributed by atoms with E-state index in [2.05, 4.69) is 27.1 Å². The van der Waals surface area contributed by atoms with E-state index >= 15 is 0 Å². The third-order valence-corrected chi connectivity index (χ3v) is 4.96. The van der Waals surface area contributed by atoms with E-state index < -0.39 is 0 Å². The van der Waals surface area contributed by atoms with E-state index in [1.807, 2.05) is 11.4 Å². The van der Waals surface area contributed by atoms with Gasteiger partial charge in [0.1, 0.15) is 10.5 Å². The molecular weight excluding hydrogens is 284 g/mol. The Balaban J connectivity index is 1.81. The van der Waals surface area contributed by atoms with Crippen molar-refractivity contribution in [1.29, 1.82) is 0 Å². The summed E-state index contributed by atoms with van der Waals surface area (Å²) in [5.41, 5.74) is 0.812. The summed E-state index contributed by atoms with van der Waals surface area (Å²) in [5.74, 6) is 0.790. The minimum Gasteiger partial charge on any atom is -0.317 e. The maximum Gasteiger partial charge on any atom is 0.268 e. The van der Waals surface area contributed by atoms with Crippen molar-refractivity contribution in [3.63, 3.8) is 0 Å². The van der Waals surface area contributed by atoms with Crippen molar-refractivity contribution < 1.29 is 0 Å². The number of thiophene rings is 1. The molecule has 6 heteroatoms. The number of piperidine rings is 1. The predicted octanol–water partition coefficient (Wildman–Crippen LogP) is 1.95. The first-order valence-electron chi connectivity index (χ1n) is 7.69. The molecule has 1 aliphatic heterocycles. The van der Waals surface area contributed by atoms with Crippen LogP contribution in [0.15, 0.2) is 16.2 Å². The van der Waals surface area contributed by atoms with E-state index in [0.29, 0.717) is 6.04 Å². The standard InChI is InChI=1S/C15H22N4OS/c1-2-8-19(11-3-6-16-7-4-11)10-13-17-12-5-9-21-14(12)15(20)18-13/h5,9,11,16H,2-4,6-8,10H2,1H3,(H,17,18,20). The number of aromatic amines is 1. The molecule has 114 valence electrons. The second kappa shape index (κ2) is 6.68.